The zero-order valence-electron chi connectivity index (χ0n) is 27.5. The van der Waals surface area contributed by atoms with Gasteiger partial charge in [0.2, 0.25) is 0 Å². The first-order chi connectivity index (χ1) is 22.8. The highest BCUT2D eigenvalue weighted by Crippen LogP contribution is 2.33. The summed E-state index contributed by atoms with van der Waals surface area (Å²) in [5.41, 5.74) is 5.69. The van der Waals surface area contributed by atoms with Gasteiger partial charge in [0.1, 0.15) is 17.4 Å². The standard InChI is InChI=1S/C35H43N7O4S/c1-5-9-33-39-35-30(14-15-32(38-35)37-27-16-18-36-19-17-27)42(33)21-25-12-13-28(26(20-25)22-45-6-2)29-10-7-8-11-31(29)47(43,44)41-34-23(3)24(4)46-40-34/h7-8,10-15,20,27,36H,5-6,9,16-19,21-22H2,1-4H3,(H,37,38)(H,40,41). The number of nitrogens with zero attached hydrogens (tertiary/aromatic N) is 4. The van der Waals surface area contributed by atoms with Gasteiger partial charge in [-0.1, -0.05) is 48.5 Å². The molecule has 3 N–H and O–H groups in total. The van der Waals surface area contributed by atoms with Gasteiger partial charge in [-0.15, -0.1) is 0 Å². The fourth-order valence-corrected chi connectivity index (χ4v) is 7.32. The molecule has 2 aromatic carbocycles. The van der Waals surface area contributed by atoms with Crippen molar-refractivity contribution in [2.75, 3.05) is 29.7 Å². The molecule has 5 aromatic rings. The highest BCUT2D eigenvalue weighted by atomic mass is 32.2. The molecule has 0 atom stereocenters. The van der Waals surface area contributed by atoms with E-state index in [-0.39, 0.29) is 10.7 Å². The summed E-state index contributed by atoms with van der Waals surface area (Å²) in [4.78, 5) is 10.0. The maximum atomic E-state index is 13.7. The molecule has 47 heavy (non-hydrogen) atoms. The number of hydrogen-bond acceptors (Lipinski definition) is 9. The van der Waals surface area contributed by atoms with Gasteiger partial charge in [-0.05, 0) is 88.0 Å². The van der Waals surface area contributed by atoms with Gasteiger partial charge in [-0.25, -0.2) is 18.4 Å². The molecule has 1 saturated heterocycles. The van der Waals surface area contributed by atoms with E-state index >= 15 is 0 Å². The van der Waals surface area contributed by atoms with Crippen LogP contribution >= 0.6 is 0 Å². The van der Waals surface area contributed by atoms with Crippen LogP contribution in [-0.4, -0.2) is 53.8 Å². The van der Waals surface area contributed by atoms with Gasteiger partial charge in [0.15, 0.2) is 11.5 Å². The normalized spacial score (nSPS) is 14.1. The molecular formula is C35H43N7O4S. The molecule has 1 aliphatic heterocycles. The number of anilines is 2. The SMILES string of the molecule is CCCc1nc2nc(NC3CCNCC3)ccc2n1Cc1ccc(-c2ccccc2S(=O)(=O)Nc2noc(C)c2C)c(COCC)c1. The molecule has 248 valence electrons. The number of pyridine rings is 1. The summed E-state index contributed by atoms with van der Waals surface area (Å²) >= 11 is 0. The van der Waals surface area contributed by atoms with Crippen molar-refractivity contribution >= 4 is 32.8 Å². The van der Waals surface area contributed by atoms with Crippen molar-refractivity contribution in [3.05, 3.63) is 82.9 Å². The number of hydrogen-bond donors (Lipinski definition) is 3. The van der Waals surface area contributed by atoms with E-state index in [2.05, 4.69) is 56.3 Å². The number of benzene rings is 2. The Morgan fingerprint density at radius 1 is 1.02 bits per heavy atom. The molecule has 1 aliphatic rings. The van der Waals surface area contributed by atoms with Gasteiger partial charge in [-0.2, -0.15) is 0 Å². The maximum absolute atomic E-state index is 13.7. The van der Waals surface area contributed by atoms with Gasteiger partial charge in [-0.3, -0.25) is 4.72 Å². The Hall–Kier alpha value is -4.26. The number of fused-ring (bicyclic) bond motifs is 1. The van der Waals surface area contributed by atoms with Crippen LogP contribution in [0, 0.1) is 13.8 Å². The highest BCUT2D eigenvalue weighted by Gasteiger charge is 2.24. The Morgan fingerprint density at radius 3 is 2.57 bits per heavy atom. The van der Waals surface area contributed by atoms with Gasteiger partial charge in [0.05, 0.1) is 17.0 Å². The summed E-state index contributed by atoms with van der Waals surface area (Å²) < 4.78 is 43.3. The first kappa shape index (κ1) is 32.7. The smallest absolute Gasteiger partial charge is 0.263 e. The van der Waals surface area contributed by atoms with E-state index in [0.29, 0.717) is 42.7 Å². The van der Waals surface area contributed by atoms with E-state index in [1.54, 1.807) is 26.0 Å². The lowest BCUT2D eigenvalue weighted by molar-refractivity contribution is 0.134. The van der Waals surface area contributed by atoms with Crippen LogP contribution in [0.25, 0.3) is 22.3 Å². The van der Waals surface area contributed by atoms with E-state index in [9.17, 15) is 8.42 Å². The van der Waals surface area contributed by atoms with Crippen LogP contribution in [0.5, 0.6) is 0 Å². The number of sulfonamides is 1. The minimum atomic E-state index is -3.98. The molecule has 12 heteroatoms. The summed E-state index contributed by atoms with van der Waals surface area (Å²) in [6, 6.07) is 17.7. The minimum absolute atomic E-state index is 0.149. The fourth-order valence-electron chi connectivity index (χ4n) is 6.04. The Balaban J connectivity index is 1.33. The predicted molar refractivity (Wildman–Crippen MR) is 184 cm³/mol. The topological polar surface area (TPSA) is 136 Å². The van der Waals surface area contributed by atoms with Crippen molar-refractivity contribution in [3.63, 3.8) is 0 Å². The van der Waals surface area contributed by atoms with Gasteiger partial charge < -0.3 is 24.5 Å². The van der Waals surface area contributed by atoms with E-state index in [0.717, 1.165) is 78.3 Å². The van der Waals surface area contributed by atoms with Crippen molar-refractivity contribution in [2.45, 2.75) is 77.5 Å². The Bertz CT molecular complexity index is 1960. The quantitative estimate of drug-likeness (QED) is 0.135. The molecule has 4 heterocycles. The molecule has 0 saturated carbocycles. The van der Waals surface area contributed by atoms with Crippen LogP contribution < -0.4 is 15.4 Å². The van der Waals surface area contributed by atoms with Crippen molar-refractivity contribution in [1.82, 2.24) is 25.0 Å². The summed E-state index contributed by atoms with van der Waals surface area (Å²) in [5.74, 6) is 2.59. The van der Waals surface area contributed by atoms with E-state index in [1.807, 2.05) is 25.1 Å². The molecule has 1 fully saturated rings. The number of aromatic nitrogens is 4. The number of nitrogens with one attached hydrogen (secondary N) is 3. The summed E-state index contributed by atoms with van der Waals surface area (Å²) in [6.45, 7) is 11.1. The average Bonchev–Trinajstić information content (AvgIpc) is 3.57. The first-order valence-corrected chi connectivity index (χ1v) is 17.8. The average molecular weight is 658 g/mol. The van der Waals surface area contributed by atoms with Crippen LogP contribution in [0.4, 0.5) is 11.6 Å². The third-order valence-electron chi connectivity index (χ3n) is 8.68. The largest absolute Gasteiger partial charge is 0.377 e. The number of imidazole rings is 1. The number of piperidine rings is 1. The second-order valence-electron chi connectivity index (χ2n) is 12.0. The molecule has 0 aliphatic carbocycles. The third-order valence-corrected chi connectivity index (χ3v) is 10.1. The lowest BCUT2D eigenvalue weighted by atomic mass is 9.97. The number of rotatable bonds is 13. The molecule has 0 unspecified atom stereocenters. The Kier molecular flexibility index (Phi) is 9.90. The zero-order chi connectivity index (χ0) is 33.0. The van der Waals surface area contributed by atoms with Gasteiger partial charge in [0, 0.05) is 36.7 Å². The Labute approximate surface area is 276 Å². The first-order valence-electron chi connectivity index (χ1n) is 16.4. The summed E-state index contributed by atoms with van der Waals surface area (Å²) in [6.07, 6.45) is 3.94. The number of ether oxygens (including phenoxy) is 1. The van der Waals surface area contributed by atoms with Gasteiger partial charge >= 0.3 is 0 Å². The number of aryl methyl sites for hydroxylation is 2. The van der Waals surface area contributed by atoms with Crippen LogP contribution in [0.1, 0.15) is 61.4 Å². The van der Waals surface area contributed by atoms with Crippen molar-refractivity contribution in [3.8, 4) is 11.1 Å². The fraction of sp³-hybridized carbons (Fsp3) is 0.400. The molecule has 6 rings (SSSR count). The van der Waals surface area contributed by atoms with Crippen LogP contribution in [-0.2, 0) is 34.3 Å². The van der Waals surface area contributed by atoms with E-state index in [1.165, 1.54) is 0 Å². The second-order valence-corrected chi connectivity index (χ2v) is 13.7. The second kappa shape index (κ2) is 14.2. The van der Waals surface area contributed by atoms with Gasteiger partial charge in [0.25, 0.3) is 10.0 Å². The monoisotopic (exact) mass is 657 g/mol. The molecular weight excluding hydrogens is 614 g/mol. The van der Waals surface area contributed by atoms with Crippen molar-refractivity contribution < 1.29 is 17.7 Å². The highest BCUT2D eigenvalue weighted by molar-refractivity contribution is 7.92. The Morgan fingerprint density at radius 2 is 1.83 bits per heavy atom. The minimum Gasteiger partial charge on any atom is -0.377 e. The van der Waals surface area contributed by atoms with Crippen molar-refractivity contribution in [1.29, 1.82) is 0 Å². The van der Waals surface area contributed by atoms with Crippen LogP contribution in [0.15, 0.2) is 64.0 Å². The van der Waals surface area contributed by atoms with Crippen molar-refractivity contribution in [2.24, 2.45) is 0 Å². The van der Waals surface area contributed by atoms with Crippen LogP contribution in [0.2, 0.25) is 0 Å². The van der Waals surface area contributed by atoms with Crippen LogP contribution in [0.3, 0.4) is 0 Å². The van der Waals surface area contributed by atoms with E-state index in [4.69, 9.17) is 19.2 Å². The molecule has 3 aromatic heterocycles. The molecule has 0 amide bonds. The van der Waals surface area contributed by atoms with E-state index < -0.39 is 10.0 Å². The summed E-state index contributed by atoms with van der Waals surface area (Å²) in [5, 5.41) is 10.9. The lowest BCUT2D eigenvalue weighted by Crippen LogP contribution is -2.35. The maximum Gasteiger partial charge on any atom is 0.263 e. The molecule has 0 spiro atoms. The molecule has 0 radical (unpaired) electrons. The predicted octanol–water partition coefficient (Wildman–Crippen LogP) is 6.21. The summed E-state index contributed by atoms with van der Waals surface area (Å²) in [7, 11) is -3.98. The molecule has 11 nitrogen and oxygen atoms in total. The third kappa shape index (κ3) is 7.19. The zero-order valence-corrected chi connectivity index (χ0v) is 28.3. The lowest BCUT2D eigenvalue weighted by Gasteiger charge is -2.24. The molecule has 0 bridgehead atoms.